The first-order chi connectivity index (χ1) is 15.0. The number of imidazole rings is 1. The fourth-order valence-electron chi connectivity index (χ4n) is 3.67. The van der Waals surface area contributed by atoms with Crippen molar-refractivity contribution in [3.8, 4) is 11.4 Å². The maximum Gasteiger partial charge on any atom is 0.138 e. The Morgan fingerprint density at radius 3 is 2.42 bits per heavy atom. The van der Waals surface area contributed by atoms with Crippen molar-refractivity contribution >= 4 is 44.1 Å². The van der Waals surface area contributed by atoms with Crippen LogP contribution in [0.4, 0.5) is 0 Å². The first-order valence-corrected chi connectivity index (χ1v) is 11.1. The second kappa shape index (κ2) is 7.50. The second-order valence-electron chi connectivity index (χ2n) is 7.22. The van der Waals surface area contributed by atoms with Crippen LogP contribution in [0.3, 0.4) is 0 Å². The number of aromatic nitrogens is 2. The van der Waals surface area contributed by atoms with Crippen molar-refractivity contribution in [2.24, 2.45) is 0 Å². The van der Waals surface area contributed by atoms with Gasteiger partial charge in [0.1, 0.15) is 15.9 Å². The number of benzene rings is 4. The standard InChI is InChI=1S/C25H18N2O3S/c28-31(29,30)23-16-20(13-12-19(23)11-10-17-6-2-1-3-7-17)25-26-22-15-14-18-8-4-5-9-21(18)24(22)27-25/h1-16H,(H,26,27)(H,28,29,30)/p-1. The molecule has 6 heteroatoms. The molecule has 152 valence electrons. The van der Waals surface area contributed by atoms with Gasteiger partial charge in [-0.05, 0) is 28.6 Å². The van der Waals surface area contributed by atoms with Crippen molar-refractivity contribution in [3.05, 3.63) is 96.1 Å². The maximum absolute atomic E-state index is 12.0. The van der Waals surface area contributed by atoms with E-state index in [1.54, 1.807) is 24.3 Å². The number of nitrogens with zero attached hydrogens (tertiary/aromatic N) is 1. The van der Waals surface area contributed by atoms with Gasteiger partial charge in [-0.1, -0.05) is 84.9 Å². The summed E-state index contributed by atoms with van der Waals surface area (Å²) in [5, 5.41) is 2.07. The van der Waals surface area contributed by atoms with E-state index in [0.29, 0.717) is 17.0 Å². The third-order valence-corrected chi connectivity index (χ3v) is 6.08. The van der Waals surface area contributed by atoms with Crippen molar-refractivity contribution in [2.45, 2.75) is 4.90 Å². The molecular formula is C25H17N2O3S-. The van der Waals surface area contributed by atoms with E-state index in [4.69, 9.17) is 0 Å². The highest BCUT2D eigenvalue weighted by atomic mass is 32.2. The summed E-state index contributed by atoms with van der Waals surface area (Å²) < 4.78 is 35.9. The van der Waals surface area contributed by atoms with Crippen molar-refractivity contribution in [1.82, 2.24) is 9.97 Å². The zero-order valence-electron chi connectivity index (χ0n) is 16.3. The molecule has 0 atom stereocenters. The number of hydrogen-bond acceptors (Lipinski definition) is 4. The fourth-order valence-corrected chi connectivity index (χ4v) is 4.36. The van der Waals surface area contributed by atoms with Crippen molar-refractivity contribution in [3.63, 3.8) is 0 Å². The number of aromatic amines is 1. The minimum atomic E-state index is -4.68. The highest BCUT2D eigenvalue weighted by Crippen LogP contribution is 2.29. The van der Waals surface area contributed by atoms with E-state index in [2.05, 4.69) is 9.97 Å². The van der Waals surface area contributed by atoms with E-state index >= 15 is 0 Å². The molecule has 0 aliphatic carbocycles. The molecule has 0 unspecified atom stereocenters. The van der Waals surface area contributed by atoms with Crippen molar-refractivity contribution < 1.29 is 13.0 Å². The first-order valence-electron chi connectivity index (χ1n) is 9.70. The van der Waals surface area contributed by atoms with Gasteiger partial charge in [-0.25, -0.2) is 13.4 Å². The lowest BCUT2D eigenvalue weighted by atomic mass is 10.1. The minimum absolute atomic E-state index is 0.275. The van der Waals surface area contributed by atoms with Gasteiger partial charge in [0.2, 0.25) is 0 Å². The summed E-state index contributed by atoms with van der Waals surface area (Å²) in [4.78, 5) is 7.65. The number of fused-ring (bicyclic) bond motifs is 3. The number of rotatable bonds is 4. The average Bonchev–Trinajstić information content (AvgIpc) is 3.23. The predicted molar refractivity (Wildman–Crippen MR) is 122 cm³/mol. The highest BCUT2D eigenvalue weighted by molar-refractivity contribution is 7.85. The predicted octanol–water partition coefficient (Wildman–Crippen LogP) is 5.46. The Morgan fingerprint density at radius 2 is 1.61 bits per heavy atom. The lowest BCUT2D eigenvalue weighted by Crippen LogP contribution is -2.02. The molecule has 1 N–H and O–H groups in total. The van der Waals surface area contributed by atoms with Crippen LogP contribution in [0.15, 0.2) is 89.8 Å². The summed E-state index contributed by atoms with van der Waals surface area (Å²) in [6.45, 7) is 0. The molecule has 0 amide bonds. The van der Waals surface area contributed by atoms with Crippen LogP contribution in [0.25, 0.3) is 45.3 Å². The van der Waals surface area contributed by atoms with E-state index in [9.17, 15) is 13.0 Å². The van der Waals surface area contributed by atoms with Crippen LogP contribution in [0.1, 0.15) is 11.1 Å². The highest BCUT2D eigenvalue weighted by Gasteiger charge is 2.13. The molecule has 5 aromatic rings. The van der Waals surface area contributed by atoms with Crippen LogP contribution in [-0.2, 0) is 10.1 Å². The van der Waals surface area contributed by atoms with Crippen LogP contribution in [0.2, 0.25) is 0 Å². The molecule has 4 aromatic carbocycles. The zero-order chi connectivity index (χ0) is 21.4. The molecule has 0 saturated carbocycles. The van der Waals surface area contributed by atoms with Crippen LogP contribution in [-0.4, -0.2) is 22.9 Å². The lowest BCUT2D eigenvalue weighted by Gasteiger charge is -2.12. The molecule has 1 aromatic heterocycles. The molecule has 0 bridgehead atoms. The number of nitrogens with one attached hydrogen (secondary N) is 1. The summed E-state index contributed by atoms with van der Waals surface area (Å²) in [5.74, 6) is 0.509. The second-order valence-corrected chi connectivity index (χ2v) is 8.57. The smallest absolute Gasteiger partial charge is 0.138 e. The summed E-state index contributed by atoms with van der Waals surface area (Å²) >= 11 is 0. The Bertz CT molecular complexity index is 1550. The Morgan fingerprint density at radius 1 is 0.839 bits per heavy atom. The molecule has 0 aliphatic rings. The summed E-state index contributed by atoms with van der Waals surface area (Å²) in [5.41, 5.74) is 3.42. The van der Waals surface area contributed by atoms with Gasteiger partial charge in [0.15, 0.2) is 0 Å². The van der Waals surface area contributed by atoms with Gasteiger partial charge < -0.3 is 9.54 Å². The molecule has 31 heavy (non-hydrogen) atoms. The molecule has 0 fully saturated rings. The Hall–Kier alpha value is -3.74. The van der Waals surface area contributed by atoms with Gasteiger partial charge in [0.05, 0.1) is 15.9 Å². The number of H-pyrrole nitrogens is 1. The van der Waals surface area contributed by atoms with Gasteiger partial charge in [0.25, 0.3) is 0 Å². The molecule has 1 heterocycles. The topological polar surface area (TPSA) is 85.9 Å². The Labute approximate surface area is 179 Å². The van der Waals surface area contributed by atoms with Crippen LogP contribution in [0.5, 0.6) is 0 Å². The van der Waals surface area contributed by atoms with Gasteiger partial charge in [0, 0.05) is 10.9 Å². The normalized spacial score (nSPS) is 12.2. The lowest BCUT2D eigenvalue weighted by molar-refractivity contribution is 0.463. The van der Waals surface area contributed by atoms with Gasteiger partial charge in [-0.15, -0.1) is 0 Å². The van der Waals surface area contributed by atoms with Crippen LogP contribution in [0, 0.1) is 0 Å². The minimum Gasteiger partial charge on any atom is -0.744 e. The maximum atomic E-state index is 12.0. The largest absolute Gasteiger partial charge is 0.744 e. The zero-order valence-corrected chi connectivity index (χ0v) is 17.1. The van der Waals surface area contributed by atoms with Crippen LogP contribution < -0.4 is 0 Å². The molecule has 0 aliphatic heterocycles. The third-order valence-electron chi connectivity index (χ3n) is 5.19. The van der Waals surface area contributed by atoms with E-state index in [0.717, 1.165) is 27.4 Å². The Balaban J connectivity index is 1.62. The van der Waals surface area contributed by atoms with E-state index in [1.165, 1.54) is 6.07 Å². The van der Waals surface area contributed by atoms with Crippen molar-refractivity contribution in [1.29, 1.82) is 0 Å². The number of hydrogen-bond donors (Lipinski definition) is 1. The van der Waals surface area contributed by atoms with E-state index in [1.807, 2.05) is 66.7 Å². The molecule has 5 rings (SSSR count). The average molecular weight is 425 g/mol. The quantitative estimate of drug-likeness (QED) is 0.306. The van der Waals surface area contributed by atoms with Gasteiger partial charge >= 0.3 is 0 Å². The Kier molecular flexibility index (Phi) is 4.66. The first kappa shape index (κ1) is 19.2. The molecular weight excluding hydrogens is 408 g/mol. The van der Waals surface area contributed by atoms with Crippen LogP contribution >= 0.6 is 0 Å². The SMILES string of the molecule is O=S(=O)([O-])c1cc(-c2nc3c(ccc4ccccc43)[nH]2)ccc1C=Cc1ccccc1. The molecule has 5 nitrogen and oxygen atoms in total. The fraction of sp³-hybridized carbons (Fsp3) is 0. The summed E-state index contributed by atoms with van der Waals surface area (Å²) in [7, 11) is -4.68. The summed E-state index contributed by atoms with van der Waals surface area (Å²) in [6, 6.07) is 26.1. The summed E-state index contributed by atoms with van der Waals surface area (Å²) in [6.07, 6.45) is 3.41. The van der Waals surface area contributed by atoms with E-state index in [-0.39, 0.29) is 4.90 Å². The molecule has 0 spiro atoms. The molecule has 0 saturated heterocycles. The van der Waals surface area contributed by atoms with Gasteiger partial charge in [-0.2, -0.15) is 0 Å². The van der Waals surface area contributed by atoms with E-state index < -0.39 is 10.1 Å². The monoisotopic (exact) mass is 425 g/mol. The van der Waals surface area contributed by atoms with Gasteiger partial charge in [-0.3, -0.25) is 0 Å². The molecule has 0 radical (unpaired) electrons. The third kappa shape index (κ3) is 3.74. The van der Waals surface area contributed by atoms with Crippen molar-refractivity contribution in [2.75, 3.05) is 0 Å².